The minimum atomic E-state index is 0.908. The van der Waals surface area contributed by atoms with Crippen LogP contribution in [0.25, 0.3) is 49.4 Å². The third-order valence-corrected chi connectivity index (χ3v) is 6.18. The first-order valence-corrected chi connectivity index (χ1v) is 10.2. The number of para-hydroxylation sites is 2. The molecule has 140 valence electrons. The molecule has 30 heavy (non-hydrogen) atoms. The van der Waals surface area contributed by atoms with Crippen LogP contribution in [0.1, 0.15) is 0 Å². The van der Waals surface area contributed by atoms with Gasteiger partial charge in [0, 0.05) is 27.4 Å². The van der Waals surface area contributed by atoms with Gasteiger partial charge in [0.1, 0.15) is 11.5 Å². The fraction of sp³-hybridized carbons (Fsp3) is 0. The van der Waals surface area contributed by atoms with Gasteiger partial charge in [-0.2, -0.15) is 0 Å². The molecule has 6 aromatic rings. The summed E-state index contributed by atoms with van der Waals surface area (Å²) in [6.07, 6.45) is 0. The normalized spacial score (nSPS) is 12.3. The molecule has 0 aliphatic carbocycles. The monoisotopic (exact) mass is 383 g/mol. The van der Waals surface area contributed by atoms with E-state index in [1.165, 1.54) is 38.1 Å². The van der Waals surface area contributed by atoms with Gasteiger partial charge in [-0.05, 0) is 47.3 Å². The molecular weight excluding hydrogens is 366 g/mol. The van der Waals surface area contributed by atoms with Crippen LogP contribution in [0.5, 0.6) is 11.5 Å². The highest BCUT2D eigenvalue weighted by atomic mass is 16.5. The van der Waals surface area contributed by atoms with Crippen LogP contribution >= 0.6 is 0 Å². The largest absolute Gasteiger partial charge is 0.456 e. The highest BCUT2D eigenvalue weighted by molar-refractivity contribution is 6.09. The second kappa shape index (κ2) is 5.74. The first-order chi connectivity index (χ1) is 14.9. The van der Waals surface area contributed by atoms with Crippen molar-refractivity contribution in [3.05, 3.63) is 103 Å². The van der Waals surface area contributed by atoms with Gasteiger partial charge in [-0.15, -0.1) is 0 Å². The van der Waals surface area contributed by atoms with Gasteiger partial charge < -0.3 is 9.30 Å². The highest BCUT2D eigenvalue weighted by Gasteiger charge is 2.21. The van der Waals surface area contributed by atoms with E-state index in [2.05, 4.69) is 108 Å². The molecule has 2 heteroatoms. The minimum absolute atomic E-state index is 0.908. The lowest BCUT2D eigenvalue weighted by Gasteiger charge is -2.22. The van der Waals surface area contributed by atoms with E-state index >= 15 is 0 Å². The standard InChI is InChI=1S/C28H17NO/c1-3-12-24-20(9-1)21-10-2-4-13-25(21)29(24)19-15-16-26-23(17-19)22-11-5-7-18-8-6-14-27(30-26)28(18)22/h1-17H. The lowest BCUT2D eigenvalue weighted by molar-refractivity contribution is 0.487. The Balaban J connectivity index is 1.56. The fourth-order valence-electron chi connectivity index (χ4n) is 4.89. The van der Waals surface area contributed by atoms with Crippen LogP contribution in [0.2, 0.25) is 0 Å². The van der Waals surface area contributed by atoms with Crippen LogP contribution in [0.3, 0.4) is 0 Å². The van der Waals surface area contributed by atoms with E-state index in [0.717, 1.165) is 22.7 Å². The van der Waals surface area contributed by atoms with Gasteiger partial charge >= 0.3 is 0 Å². The summed E-state index contributed by atoms with van der Waals surface area (Å²) in [5, 5.41) is 4.94. The quantitative estimate of drug-likeness (QED) is 0.283. The summed E-state index contributed by atoms with van der Waals surface area (Å²) in [4.78, 5) is 0. The Morgan fingerprint density at radius 1 is 0.533 bits per heavy atom. The third-order valence-electron chi connectivity index (χ3n) is 6.18. The molecule has 0 spiro atoms. The number of ether oxygens (including phenoxy) is 1. The zero-order valence-corrected chi connectivity index (χ0v) is 16.2. The Morgan fingerprint density at radius 2 is 1.23 bits per heavy atom. The average molecular weight is 383 g/mol. The van der Waals surface area contributed by atoms with Gasteiger partial charge in [0.15, 0.2) is 0 Å². The lowest BCUT2D eigenvalue weighted by Crippen LogP contribution is -2.00. The van der Waals surface area contributed by atoms with Gasteiger partial charge in [0.05, 0.1) is 11.0 Å². The van der Waals surface area contributed by atoms with E-state index in [4.69, 9.17) is 4.74 Å². The van der Waals surface area contributed by atoms with Gasteiger partial charge in [-0.3, -0.25) is 0 Å². The van der Waals surface area contributed by atoms with E-state index < -0.39 is 0 Å². The third kappa shape index (κ3) is 2.03. The summed E-state index contributed by atoms with van der Waals surface area (Å²) in [5.74, 6) is 1.84. The Hall–Kier alpha value is -4.04. The Kier molecular flexibility index (Phi) is 3.03. The molecule has 0 saturated carbocycles. The molecule has 2 nitrogen and oxygen atoms in total. The molecule has 1 aromatic heterocycles. The van der Waals surface area contributed by atoms with Crippen molar-refractivity contribution in [2.75, 3.05) is 0 Å². The van der Waals surface area contributed by atoms with Crippen molar-refractivity contribution in [3.63, 3.8) is 0 Å². The SMILES string of the molecule is c1cc2c3c(cccc3c1)-c1cc(-n3c4ccccc4c4ccccc43)ccc1O2. The first kappa shape index (κ1) is 15.8. The Bertz CT molecular complexity index is 1560. The number of aromatic nitrogens is 1. The first-order valence-electron chi connectivity index (χ1n) is 10.2. The second-order valence-corrected chi connectivity index (χ2v) is 7.81. The molecule has 0 atom stereocenters. The summed E-state index contributed by atoms with van der Waals surface area (Å²) in [6, 6.07) is 36.5. The number of hydrogen-bond donors (Lipinski definition) is 0. The fourth-order valence-corrected chi connectivity index (χ4v) is 4.89. The molecule has 5 aromatic carbocycles. The van der Waals surface area contributed by atoms with E-state index in [-0.39, 0.29) is 0 Å². The van der Waals surface area contributed by atoms with Gasteiger partial charge in [-0.1, -0.05) is 66.7 Å². The Morgan fingerprint density at radius 3 is 2.00 bits per heavy atom. The lowest BCUT2D eigenvalue weighted by atomic mass is 9.94. The number of hydrogen-bond acceptors (Lipinski definition) is 1. The smallest absolute Gasteiger partial charge is 0.135 e. The molecular formula is C28H17NO. The topological polar surface area (TPSA) is 14.2 Å². The summed E-state index contributed by atoms with van der Waals surface area (Å²) in [6.45, 7) is 0. The summed E-state index contributed by atoms with van der Waals surface area (Å²) in [5.41, 5.74) is 5.94. The molecule has 0 unspecified atom stereocenters. The van der Waals surface area contributed by atoms with E-state index in [1.807, 2.05) is 0 Å². The number of nitrogens with zero attached hydrogens (tertiary/aromatic N) is 1. The molecule has 0 radical (unpaired) electrons. The van der Waals surface area contributed by atoms with Gasteiger partial charge in [0.2, 0.25) is 0 Å². The van der Waals surface area contributed by atoms with Crippen LogP contribution in [0.15, 0.2) is 103 Å². The molecule has 0 N–H and O–H groups in total. The predicted molar refractivity (Wildman–Crippen MR) is 124 cm³/mol. The van der Waals surface area contributed by atoms with Crippen molar-refractivity contribution in [2.45, 2.75) is 0 Å². The van der Waals surface area contributed by atoms with Crippen molar-refractivity contribution in [2.24, 2.45) is 0 Å². The van der Waals surface area contributed by atoms with Crippen LogP contribution < -0.4 is 4.74 Å². The van der Waals surface area contributed by atoms with E-state index in [9.17, 15) is 0 Å². The molecule has 2 heterocycles. The maximum atomic E-state index is 6.29. The zero-order valence-electron chi connectivity index (χ0n) is 16.2. The highest BCUT2D eigenvalue weighted by Crippen LogP contribution is 2.47. The van der Waals surface area contributed by atoms with Crippen molar-refractivity contribution in [3.8, 4) is 28.3 Å². The minimum Gasteiger partial charge on any atom is -0.456 e. The Labute approximate surface area is 173 Å². The predicted octanol–water partition coefficient (Wildman–Crippen LogP) is 7.71. The van der Waals surface area contributed by atoms with Crippen molar-refractivity contribution >= 4 is 32.6 Å². The number of rotatable bonds is 1. The average Bonchev–Trinajstić information content (AvgIpc) is 3.14. The summed E-state index contributed by atoms with van der Waals surface area (Å²) in [7, 11) is 0. The molecule has 7 rings (SSSR count). The number of fused-ring (bicyclic) bond motifs is 5. The summed E-state index contributed by atoms with van der Waals surface area (Å²) >= 11 is 0. The van der Waals surface area contributed by atoms with Crippen LogP contribution in [0.4, 0.5) is 0 Å². The summed E-state index contributed by atoms with van der Waals surface area (Å²) < 4.78 is 8.64. The van der Waals surface area contributed by atoms with Crippen LogP contribution in [-0.2, 0) is 0 Å². The van der Waals surface area contributed by atoms with Crippen molar-refractivity contribution in [1.82, 2.24) is 4.57 Å². The number of benzene rings is 5. The van der Waals surface area contributed by atoms with E-state index in [0.29, 0.717) is 0 Å². The molecule has 0 fully saturated rings. The maximum Gasteiger partial charge on any atom is 0.135 e. The maximum absolute atomic E-state index is 6.29. The molecule has 1 aliphatic heterocycles. The van der Waals surface area contributed by atoms with Gasteiger partial charge in [-0.25, -0.2) is 0 Å². The van der Waals surface area contributed by atoms with Gasteiger partial charge in [0.25, 0.3) is 0 Å². The van der Waals surface area contributed by atoms with Crippen molar-refractivity contribution in [1.29, 1.82) is 0 Å². The molecule has 0 bridgehead atoms. The van der Waals surface area contributed by atoms with Crippen molar-refractivity contribution < 1.29 is 4.74 Å². The van der Waals surface area contributed by atoms with Crippen LogP contribution in [0, 0.1) is 0 Å². The van der Waals surface area contributed by atoms with Crippen LogP contribution in [-0.4, -0.2) is 4.57 Å². The van der Waals surface area contributed by atoms with E-state index in [1.54, 1.807) is 0 Å². The molecule has 1 aliphatic rings. The zero-order chi connectivity index (χ0) is 19.7. The second-order valence-electron chi connectivity index (χ2n) is 7.81. The molecule has 0 saturated heterocycles. The molecule has 0 amide bonds.